The average Bonchev–Trinajstić information content (AvgIpc) is 3.39. The molecule has 1 saturated carbocycles. The summed E-state index contributed by atoms with van der Waals surface area (Å²) in [5.74, 6) is -7.75. The molecule has 7 nitrogen and oxygen atoms in total. The van der Waals surface area contributed by atoms with Gasteiger partial charge in [-0.3, -0.25) is 9.59 Å². The van der Waals surface area contributed by atoms with Crippen LogP contribution < -0.4 is 10.6 Å². The highest BCUT2D eigenvalue weighted by Gasteiger charge is 2.43. The van der Waals surface area contributed by atoms with Crippen LogP contribution >= 0.6 is 0 Å². The number of halogens is 2. The number of carbonyl (C=O) groups excluding carboxylic acids is 2. The highest BCUT2D eigenvalue weighted by atomic mass is 19.3. The van der Waals surface area contributed by atoms with E-state index < -0.39 is 42.4 Å². The number of benzene rings is 2. The maximum atomic E-state index is 14.3. The molecule has 2 aliphatic rings. The molecule has 9 heteroatoms. The fraction of sp³-hybridized carbons (Fsp3) is 0.375. The van der Waals surface area contributed by atoms with Gasteiger partial charge in [0.1, 0.15) is 6.61 Å². The SMILES string of the molecule is O=C(NCC(F)(F)C(=O)NC1CCCC1C(=O)O)OCC1c2ccccc2-c2ccccc21. The van der Waals surface area contributed by atoms with Crippen LogP contribution in [-0.2, 0) is 14.3 Å². The Morgan fingerprint density at radius 1 is 1.00 bits per heavy atom. The van der Waals surface area contributed by atoms with E-state index in [0.717, 1.165) is 22.3 Å². The lowest BCUT2D eigenvalue weighted by Gasteiger charge is -2.22. The smallest absolute Gasteiger partial charge is 0.407 e. The predicted molar refractivity (Wildman–Crippen MR) is 115 cm³/mol. The van der Waals surface area contributed by atoms with Crippen molar-refractivity contribution in [1.82, 2.24) is 10.6 Å². The van der Waals surface area contributed by atoms with Gasteiger partial charge in [-0.25, -0.2) is 4.79 Å². The first-order chi connectivity index (χ1) is 15.8. The highest BCUT2D eigenvalue weighted by molar-refractivity contribution is 5.85. The lowest BCUT2D eigenvalue weighted by Crippen LogP contribution is -2.52. The van der Waals surface area contributed by atoms with Crippen LogP contribution in [0.3, 0.4) is 0 Å². The molecule has 1 fully saturated rings. The molecule has 0 spiro atoms. The third kappa shape index (κ3) is 4.67. The van der Waals surface area contributed by atoms with Gasteiger partial charge < -0.3 is 20.5 Å². The molecule has 0 saturated heterocycles. The minimum absolute atomic E-state index is 0.0417. The molecule has 0 radical (unpaired) electrons. The Labute approximate surface area is 189 Å². The number of carboxylic acids is 1. The maximum absolute atomic E-state index is 14.3. The second kappa shape index (κ2) is 9.17. The van der Waals surface area contributed by atoms with E-state index in [1.165, 1.54) is 0 Å². The molecule has 0 bridgehead atoms. The zero-order chi connectivity index (χ0) is 23.6. The summed E-state index contributed by atoms with van der Waals surface area (Å²) in [6, 6.07) is 14.6. The number of amides is 2. The zero-order valence-corrected chi connectivity index (χ0v) is 17.7. The highest BCUT2D eigenvalue weighted by Crippen LogP contribution is 2.44. The first-order valence-corrected chi connectivity index (χ1v) is 10.8. The van der Waals surface area contributed by atoms with Gasteiger partial charge in [0.25, 0.3) is 5.91 Å². The molecule has 4 rings (SSSR count). The summed E-state index contributed by atoms with van der Waals surface area (Å²) in [6.07, 6.45) is 0.113. The van der Waals surface area contributed by atoms with E-state index in [-0.39, 0.29) is 12.5 Å². The van der Waals surface area contributed by atoms with E-state index in [1.807, 2.05) is 53.8 Å². The topological polar surface area (TPSA) is 105 Å². The minimum Gasteiger partial charge on any atom is -0.481 e. The fourth-order valence-electron chi connectivity index (χ4n) is 4.62. The Morgan fingerprint density at radius 2 is 1.61 bits per heavy atom. The van der Waals surface area contributed by atoms with Crippen LogP contribution in [0.25, 0.3) is 11.1 Å². The third-order valence-electron chi connectivity index (χ3n) is 6.28. The van der Waals surface area contributed by atoms with E-state index in [1.54, 1.807) is 0 Å². The molecule has 2 aromatic carbocycles. The number of alkyl carbamates (subject to hydrolysis) is 1. The largest absolute Gasteiger partial charge is 0.481 e. The van der Waals surface area contributed by atoms with Crippen molar-refractivity contribution in [2.45, 2.75) is 37.1 Å². The number of carboxylic acid groups (broad SMARTS) is 1. The van der Waals surface area contributed by atoms with Gasteiger partial charge in [-0.05, 0) is 35.1 Å². The van der Waals surface area contributed by atoms with Crippen LogP contribution in [-0.4, -0.2) is 48.2 Å². The maximum Gasteiger partial charge on any atom is 0.407 e. The summed E-state index contributed by atoms with van der Waals surface area (Å²) in [4.78, 5) is 35.3. The van der Waals surface area contributed by atoms with Crippen molar-refractivity contribution in [3.05, 3.63) is 59.7 Å². The summed E-state index contributed by atoms with van der Waals surface area (Å²) in [5.41, 5.74) is 4.05. The van der Waals surface area contributed by atoms with Crippen molar-refractivity contribution in [1.29, 1.82) is 0 Å². The number of rotatable bonds is 7. The molecule has 174 valence electrons. The van der Waals surface area contributed by atoms with Crippen molar-refractivity contribution < 1.29 is 33.0 Å². The Morgan fingerprint density at radius 3 is 2.21 bits per heavy atom. The summed E-state index contributed by atoms with van der Waals surface area (Å²) in [5, 5.41) is 13.2. The molecule has 2 amide bonds. The fourth-order valence-corrected chi connectivity index (χ4v) is 4.62. The second-order valence-corrected chi connectivity index (χ2v) is 8.34. The van der Waals surface area contributed by atoms with E-state index in [0.29, 0.717) is 19.3 Å². The summed E-state index contributed by atoms with van der Waals surface area (Å²) in [6.45, 7) is -1.29. The van der Waals surface area contributed by atoms with Crippen molar-refractivity contribution >= 4 is 18.0 Å². The number of hydrogen-bond acceptors (Lipinski definition) is 4. The number of alkyl halides is 2. The van der Waals surface area contributed by atoms with Gasteiger partial charge >= 0.3 is 18.0 Å². The van der Waals surface area contributed by atoms with E-state index in [9.17, 15) is 23.2 Å². The Kier molecular flexibility index (Phi) is 6.31. The summed E-state index contributed by atoms with van der Waals surface area (Å²) < 4.78 is 33.7. The standard InChI is InChI=1S/C24H24F2N2O5/c25-24(26,22(31)28-20-11-5-10-18(20)21(29)30)13-27-23(32)33-12-19-16-8-3-1-6-14(16)15-7-2-4-9-17(15)19/h1-4,6-9,18-20H,5,10-13H2,(H,27,32)(H,28,31)(H,29,30). The lowest BCUT2D eigenvalue weighted by atomic mass is 9.98. The average molecular weight is 458 g/mol. The van der Waals surface area contributed by atoms with Crippen LogP contribution in [0.2, 0.25) is 0 Å². The van der Waals surface area contributed by atoms with Gasteiger partial charge in [0, 0.05) is 12.0 Å². The van der Waals surface area contributed by atoms with Crippen LogP contribution in [0.5, 0.6) is 0 Å². The van der Waals surface area contributed by atoms with E-state index >= 15 is 0 Å². The molecule has 2 unspecified atom stereocenters. The molecular weight excluding hydrogens is 434 g/mol. The first kappa shape index (κ1) is 22.7. The van der Waals surface area contributed by atoms with Gasteiger partial charge in [-0.15, -0.1) is 0 Å². The van der Waals surface area contributed by atoms with Crippen molar-refractivity contribution in [2.75, 3.05) is 13.2 Å². The Balaban J connectivity index is 1.31. The van der Waals surface area contributed by atoms with Gasteiger partial charge in [0.05, 0.1) is 12.5 Å². The molecule has 0 heterocycles. The molecule has 2 atom stereocenters. The number of ether oxygens (including phenoxy) is 1. The normalized spacial score (nSPS) is 19.5. The van der Waals surface area contributed by atoms with Crippen LogP contribution in [0.4, 0.5) is 13.6 Å². The number of hydrogen-bond donors (Lipinski definition) is 3. The molecular formula is C24H24F2N2O5. The second-order valence-electron chi connectivity index (χ2n) is 8.34. The van der Waals surface area contributed by atoms with Gasteiger partial charge in [-0.2, -0.15) is 8.78 Å². The quantitative estimate of drug-likeness (QED) is 0.589. The van der Waals surface area contributed by atoms with Crippen LogP contribution in [0.15, 0.2) is 48.5 Å². The summed E-state index contributed by atoms with van der Waals surface area (Å²) >= 11 is 0. The van der Waals surface area contributed by atoms with Gasteiger partial charge in [0.2, 0.25) is 0 Å². The van der Waals surface area contributed by atoms with E-state index in [2.05, 4.69) is 5.32 Å². The Bertz CT molecular complexity index is 1030. The number of carbonyl (C=O) groups is 3. The molecule has 0 aliphatic heterocycles. The summed E-state index contributed by atoms with van der Waals surface area (Å²) in [7, 11) is 0. The predicted octanol–water partition coefficient (Wildman–Crippen LogP) is 3.53. The minimum atomic E-state index is -3.91. The molecule has 2 aromatic rings. The van der Waals surface area contributed by atoms with Crippen LogP contribution in [0.1, 0.15) is 36.3 Å². The number of fused-ring (bicyclic) bond motifs is 3. The lowest BCUT2D eigenvalue weighted by molar-refractivity contribution is -0.147. The Hall–Kier alpha value is -3.49. The van der Waals surface area contributed by atoms with E-state index in [4.69, 9.17) is 9.84 Å². The zero-order valence-electron chi connectivity index (χ0n) is 17.7. The van der Waals surface area contributed by atoms with Crippen molar-refractivity contribution in [3.8, 4) is 11.1 Å². The van der Waals surface area contributed by atoms with Crippen molar-refractivity contribution in [2.24, 2.45) is 5.92 Å². The van der Waals surface area contributed by atoms with Crippen LogP contribution in [0, 0.1) is 5.92 Å². The molecule has 2 aliphatic carbocycles. The van der Waals surface area contributed by atoms with Gasteiger partial charge in [0.15, 0.2) is 0 Å². The molecule has 33 heavy (non-hydrogen) atoms. The monoisotopic (exact) mass is 458 g/mol. The third-order valence-corrected chi connectivity index (χ3v) is 6.28. The van der Waals surface area contributed by atoms with Gasteiger partial charge in [-0.1, -0.05) is 55.0 Å². The molecule has 3 N–H and O–H groups in total. The number of nitrogens with one attached hydrogen (secondary N) is 2. The molecule has 0 aromatic heterocycles. The first-order valence-electron chi connectivity index (χ1n) is 10.8. The number of aliphatic carboxylic acids is 1. The van der Waals surface area contributed by atoms with Crippen molar-refractivity contribution in [3.63, 3.8) is 0 Å².